The number of aromatic nitrogens is 1. The zero-order chi connectivity index (χ0) is 25.5. The molecule has 0 saturated carbocycles. The van der Waals surface area contributed by atoms with Crippen LogP contribution in [0.15, 0.2) is 47.6 Å². The molecular formula is C26H34N6O3S. The van der Waals surface area contributed by atoms with E-state index >= 15 is 0 Å². The number of morpholine rings is 1. The van der Waals surface area contributed by atoms with Gasteiger partial charge in [0.15, 0.2) is 16.8 Å². The SMILES string of the molecule is CC(C)CC(=O)OCCNC(=S)Nc1ccc(C(=N)/N=C(\c2ccc[nH]2)N2C[C@@H]3CC[C@@H](C2)O3)cc1. The molecule has 1 aromatic heterocycles. The van der Waals surface area contributed by atoms with E-state index in [0.717, 1.165) is 43.1 Å². The third kappa shape index (κ3) is 7.14. The molecule has 2 aliphatic rings. The van der Waals surface area contributed by atoms with Gasteiger partial charge in [0.05, 0.1) is 24.4 Å². The fourth-order valence-electron chi connectivity index (χ4n) is 4.34. The molecule has 2 atom stereocenters. The number of amidine groups is 2. The van der Waals surface area contributed by atoms with Gasteiger partial charge in [-0.05, 0) is 67.4 Å². The number of aliphatic imine (C=N–C) groups is 1. The van der Waals surface area contributed by atoms with Crippen molar-refractivity contribution in [2.75, 3.05) is 31.6 Å². The van der Waals surface area contributed by atoms with Crippen molar-refractivity contribution < 1.29 is 14.3 Å². The molecule has 4 rings (SSSR count). The lowest BCUT2D eigenvalue weighted by molar-refractivity contribution is -0.144. The predicted octanol–water partition coefficient (Wildman–Crippen LogP) is 3.53. The van der Waals surface area contributed by atoms with Gasteiger partial charge in [-0.25, -0.2) is 4.99 Å². The zero-order valence-electron chi connectivity index (χ0n) is 20.8. The second-order valence-electron chi connectivity index (χ2n) is 9.51. The van der Waals surface area contributed by atoms with Gasteiger partial charge < -0.3 is 30.0 Å². The Morgan fingerprint density at radius 2 is 1.97 bits per heavy atom. The standard InChI is InChI=1S/C26H34N6O3S/c1-17(2)14-23(33)34-13-12-29-26(36)30-19-7-5-18(6-8-19)24(27)31-25(22-4-3-11-28-22)32-15-20-9-10-21(16-32)35-20/h3-8,11,17,20-21,27-28H,9-10,12-16H2,1-2H3,(H2,29,30,36)/b27-24?,31-25+/t20-,21-/m0/s1. The van der Waals surface area contributed by atoms with Crippen molar-refractivity contribution in [1.29, 1.82) is 5.41 Å². The minimum absolute atomic E-state index is 0.189. The van der Waals surface area contributed by atoms with Gasteiger partial charge in [0, 0.05) is 37.0 Å². The van der Waals surface area contributed by atoms with Gasteiger partial charge in [0.2, 0.25) is 0 Å². The molecule has 192 valence electrons. The monoisotopic (exact) mass is 510 g/mol. The zero-order valence-corrected chi connectivity index (χ0v) is 21.6. The lowest BCUT2D eigenvalue weighted by atomic mass is 10.1. The number of nitrogens with one attached hydrogen (secondary N) is 4. The Kier molecular flexibility index (Phi) is 8.71. The number of anilines is 1. The molecule has 4 N–H and O–H groups in total. The highest BCUT2D eigenvalue weighted by Crippen LogP contribution is 2.27. The van der Waals surface area contributed by atoms with E-state index in [-0.39, 0.29) is 36.5 Å². The van der Waals surface area contributed by atoms with E-state index in [4.69, 9.17) is 32.1 Å². The number of aromatic amines is 1. The molecule has 2 fully saturated rings. The third-order valence-corrected chi connectivity index (χ3v) is 6.29. The summed E-state index contributed by atoms with van der Waals surface area (Å²) in [4.78, 5) is 21.8. The Morgan fingerprint density at radius 3 is 2.61 bits per heavy atom. The maximum absolute atomic E-state index is 11.6. The van der Waals surface area contributed by atoms with Crippen LogP contribution < -0.4 is 10.6 Å². The van der Waals surface area contributed by atoms with E-state index in [1.165, 1.54) is 0 Å². The van der Waals surface area contributed by atoms with Gasteiger partial charge in [-0.1, -0.05) is 13.8 Å². The molecule has 1 aromatic carbocycles. The number of esters is 1. The van der Waals surface area contributed by atoms with Crippen LogP contribution in [0.4, 0.5) is 5.69 Å². The topological polar surface area (TPSA) is 115 Å². The summed E-state index contributed by atoms with van der Waals surface area (Å²) < 4.78 is 11.2. The number of hydrogen-bond donors (Lipinski definition) is 4. The molecule has 36 heavy (non-hydrogen) atoms. The molecule has 2 bridgehead atoms. The van der Waals surface area contributed by atoms with Crippen molar-refractivity contribution in [2.24, 2.45) is 10.9 Å². The molecule has 2 aromatic rings. The molecule has 2 saturated heterocycles. The fraction of sp³-hybridized carbons (Fsp3) is 0.462. The number of carbonyl (C=O) groups is 1. The number of ether oxygens (including phenoxy) is 2. The average molecular weight is 511 g/mol. The Hall–Kier alpha value is -3.24. The first-order valence-corrected chi connectivity index (χ1v) is 12.8. The van der Waals surface area contributed by atoms with Crippen LogP contribution in [-0.4, -0.2) is 71.1 Å². The van der Waals surface area contributed by atoms with Crippen LogP contribution in [0.2, 0.25) is 0 Å². The summed E-state index contributed by atoms with van der Waals surface area (Å²) in [5, 5.41) is 15.2. The van der Waals surface area contributed by atoms with Crippen LogP contribution in [-0.2, 0) is 14.3 Å². The van der Waals surface area contributed by atoms with Crippen LogP contribution in [0.25, 0.3) is 0 Å². The number of nitrogens with zero attached hydrogens (tertiary/aromatic N) is 2. The van der Waals surface area contributed by atoms with E-state index in [0.29, 0.717) is 23.6 Å². The fourth-order valence-corrected chi connectivity index (χ4v) is 4.56. The van der Waals surface area contributed by atoms with Crippen LogP contribution in [0.1, 0.15) is 44.4 Å². The summed E-state index contributed by atoms with van der Waals surface area (Å²) in [5.74, 6) is 1.03. The number of likely N-dealkylation sites (tertiary alicyclic amines) is 1. The van der Waals surface area contributed by atoms with Gasteiger partial charge in [-0.2, -0.15) is 0 Å². The van der Waals surface area contributed by atoms with E-state index in [2.05, 4.69) is 20.5 Å². The van der Waals surface area contributed by atoms with E-state index < -0.39 is 0 Å². The molecule has 0 aliphatic carbocycles. The summed E-state index contributed by atoms with van der Waals surface area (Å²) >= 11 is 5.32. The van der Waals surface area contributed by atoms with Crippen LogP contribution >= 0.6 is 12.2 Å². The van der Waals surface area contributed by atoms with E-state index in [1.807, 2.05) is 56.4 Å². The maximum Gasteiger partial charge on any atom is 0.306 e. The highest BCUT2D eigenvalue weighted by atomic mass is 32.1. The number of benzene rings is 1. The van der Waals surface area contributed by atoms with Gasteiger partial charge in [-0.3, -0.25) is 10.2 Å². The summed E-state index contributed by atoms with van der Waals surface area (Å²) in [6.07, 6.45) is 4.89. The minimum atomic E-state index is -0.202. The molecule has 0 radical (unpaired) electrons. The molecule has 3 heterocycles. The largest absolute Gasteiger partial charge is 0.464 e. The summed E-state index contributed by atoms with van der Waals surface area (Å²) in [6.45, 7) is 6.21. The van der Waals surface area contributed by atoms with Crippen LogP contribution in [0, 0.1) is 11.3 Å². The third-order valence-electron chi connectivity index (χ3n) is 6.04. The number of H-pyrrole nitrogens is 1. The lowest BCUT2D eigenvalue weighted by Crippen LogP contribution is -2.46. The van der Waals surface area contributed by atoms with Gasteiger partial charge in [-0.15, -0.1) is 0 Å². The second-order valence-corrected chi connectivity index (χ2v) is 9.92. The van der Waals surface area contributed by atoms with E-state index in [1.54, 1.807) is 0 Å². The number of rotatable bonds is 8. The maximum atomic E-state index is 11.6. The Labute approximate surface area is 217 Å². The first kappa shape index (κ1) is 25.8. The number of fused-ring (bicyclic) bond motifs is 2. The van der Waals surface area contributed by atoms with Crippen molar-refractivity contribution in [2.45, 2.75) is 45.3 Å². The number of carbonyl (C=O) groups excluding carboxylic acids is 1. The molecular weight excluding hydrogens is 476 g/mol. The Bertz CT molecular complexity index is 1070. The van der Waals surface area contributed by atoms with Crippen molar-refractivity contribution in [3.05, 3.63) is 53.9 Å². The van der Waals surface area contributed by atoms with Crippen LogP contribution in [0.3, 0.4) is 0 Å². The number of hydrogen-bond acceptors (Lipinski definition) is 5. The highest BCUT2D eigenvalue weighted by molar-refractivity contribution is 7.80. The molecule has 2 aliphatic heterocycles. The normalized spacial score (nSPS) is 19.3. The van der Waals surface area contributed by atoms with Gasteiger partial charge in [0.25, 0.3) is 0 Å². The highest BCUT2D eigenvalue weighted by Gasteiger charge is 2.35. The number of thiocarbonyl (C=S) groups is 1. The molecule has 10 heteroatoms. The van der Waals surface area contributed by atoms with Gasteiger partial charge in [0.1, 0.15) is 6.61 Å². The minimum Gasteiger partial charge on any atom is -0.464 e. The Balaban J connectivity index is 1.32. The average Bonchev–Trinajstić information content (AvgIpc) is 3.49. The van der Waals surface area contributed by atoms with Crippen molar-refractivity contribution in [3.63, 3.8) is 0 Å². The Morgan fingerprint density at radius 1 is 1.25 bits per heavy atom. The van der Waals surface area contributed by atoms with Crippen molar-refractivity contribution in [1.82, 2.24) is 15.2 Å². The molecule has 0 unspecified atom stereocenters. The second kappa shape index (κ2) is 12.1. The quantitative estimate of drug-likeness (QED) is 0.141. The van der Waals surface area contributed by atoms with Crippen LogP contribution in [0.5, 0.6) is 0 Å². The molecule has 0 spiro atoms. The summed E-state index contributed by atoms with van der Waals surface area (Å²) in [5.41, 5.74) is 2.39. The van der Waals surface area contributed by atoms with Gasteiger partial charge >= 0.3 is 5.97 Å². The summed E-state index contributed by atoms with van der Waals surface area (Å²) in [7, 11) is 0. The van der Waals surface area contributed by atoms with Crippen molar-refractivity contribution in [3.8, 4) is 0 Å². The summed E-state index contributed by atoms with van der Waals surface area (Å²) in [6, 6.07) is 11.3. The smallest absolute Gasteiger partial charge is 0.306 e. The first-order valence-electron chi connectivity index (χ1n) is 12.4. The molecule has 0 amide bonds. The van der Waals surface area contributed by atoms with Crippen molar-refractivity contribution >= 4 is 40.7 Å². The van der Waals surface area contributed by atoms with E-state index in [9.17, 15) is 4.79 Å². The molecule has 9 nitrogen and oxygen atoms in total. The predicted molar refractivity (Wildman–Crippen MR) is 145 cm³/mol. The first-order chi connectivity index (χ1) is 17.4. The lowest BCUT2D eigenvalue weighted by Gasteiger charge is -2.34.